The van der Waals surface area contributed by atoms with Crippen LogP contribution in [0.4, 0.5) is 4.79 Å². The Morgan fingerprint density at radius 3 is 2.00 bits per heavy atom. The van der Waals surface area contributed by atoms with E-state index in [0.717, 1.165) is 10.8 Å². The highest BCUT2D eigenvalue weighted by atomic mass is 16.6. The highest BCUT2D eigenvalue weighted by Crippen LogP contribution is 2.33. The van der Waals surface area contributed by atoms with Gasteiger partial charge in [-0.25, -0.2) is 9.59 Å². The summed E-state index contributed by atoms with van der Waals surface area (Å²) < 4.78 is 22.2. The van der Waals surface area contributed by atoms with Crippen LogP contribution in [0.3, 0.4) is 0 Å². The minimum Gasteiger partial charge on any atom is -0.488 e. The van der Waals surface area contributed by atoms with Crippen LogP contribution in [-0.2, 0) is 14.3 Å². The second kappa shape index (κ2) is 12.0. The molecule has 1 N–H and O–H groups in total. The van der Waals surface area contributed by atoms with E-state index in [0.29, 0.717) is 22.6 Å². The van der Waals surface area contributed by atoms with E-state index in [-0.39, 0.29) is 25.5 Å². The molecule has 0 atom stereocenters. The normalized spacial score (nSPS) is 11.5. The van der Waals surface area contributed by atoms with Crippen LogP contribution in [0.25, 0.3) is 10.8 Å². The van der Waals surface area contributed by atoms with Crippen molar-refractivity contribution in [3.63, 3.8) is 0 Å². The van der Waals surface area contributed by atoms with Crippen LogP contribution < -0.4 is 14.8 Å². The van der Waals surface area contributed by atoms with E-state index >= 15 is 0 Å². The number of esters is 1. The number of amides is 1. The number of ketones is 1. The Hall–Kier alpha value is -4.07. The van der Waals surface area contributed by atoms with E-state index in [2.05, 4.69) is 5.32 Å². The van der Waals surface area contributed by atoms with Crippen LogP contribution in [-0.4, -0.2) is 48.8 Å². The molecule has 3 aromatic rings. The summed E-state index contributed by atoms with van der Waals surface area (Å²) in [5.74, 6) is 0.0832. The molecule has 0 unspecified atom stereocenters. The second-order valence-corrected chi connectivity index (χ2v) is 10.7. The van der Waals surface area contributed by atoms with Gasteiger partial charge >= 0.3 is 12.1 Å². The first-order valence-electron chi connectivity index (χ1n) is 12.4. The number of carbonyl (C=O) groups excluding carboxylic acids is 3. The number of rotatable bonds is 9. The lowest BCUT2D eigenvalue weighted by Crippen LogP contribution is -2.34. The third-order valence-electron chi connectivity index (χ3n) is 4.99. The Morgan fingerprint density at radius 1 is 0.711 bits per heavy atom. The molecule has 0 heterocycles. The van der Waals surface area contributed by atoms with Crippen LogP contribution in [0.1, 0.15) is 57.5 Å². The Balaban J connectivity index is 1.81. The zero-order chi connectivity index (χ0) is 27.9. The van der Waals surface area contributed by atoms with Gasteiger partial charge < -0.3 is 24.3 Å². The van der Waals surface area contributed by atoms with Crippen molar-refractivity contribution in [1.82, 2.24) is 5.32 Å². The van der Waals surface area contributed by atoms with Crippen molar-refractivity contribution in [2.24, 2.45) is 0 Å². The van der Waals surface area contributed by atoms with Gasteiger partial charge in [0, 0.05) is 11.1 Å². The van der Waals surface area contributed by atoms with Crippen LogP contribution in [0.15, 0.2) is 60.7 Å². The molecule has 8 nitrogen and oxygen atoms in total. The molecule has 0 saturated heterocycles. The SMILES string of the molecule is CC(C)(C)OC(=O)COc1cc2ccc(C(=O)c3ccccc3)cc2cc1OCCNC(=O)OC(C)(C)C. The van der Waals surface area contributed by atoms with Gasteiger partial charge in [-0.05, 0) is 70.5 Å². The summed E-state index contributed by atoms with van der Waals surface area (Å²) in [5.41, 5.74) is -0.128. The largest absolute Gasteiger partial charge is 0.488 e. The van der Waals surface area contributed by atoms with Gasteiger partial charge in [0.25, 0.3) is 0 Å². The molecule has 3 rings (SSSR count). The maximum absolute atomic E-state index is 12.9. The summed E-state index contributed by atoms with van der Waals surface area (Å²) in [5, 5.41) is 4.19. The topological polar surface area (TPSA) is 100 Å². The standard InChI is InChI=1S/C30H35NO7/c1-29(2,3)37-26(32)19-36-25-17-21-12-13-22(27(33)20-10-8-7-9-11-20)16-23(21)18-24(25)35-15-14-31-28(34)38-30(4,5)6/h7-13,16-18H,14-15,19H2,1-6H3,(H,31,34). The van der Waals surface area contributed by atoms with E-state index in [1.54, 1.807) is 77.9 Å². The fraction of sp³-hybridized carbons (Fsp3) is 0.367. The van der Waals surface area contributed by atoms with E-state index in [4.69, 9.17) is 18.9 Å². The Kier molecular flexibility index (Phi) is 8.99. The third kappa shape index (κ3) is 8.80. The van der Waals surface area contributed by atoms with Crippen molar-refractivity contribution in [2.75, 3.05) is 19.8 Å². The van der Waals surface area contributed by atoms with Gasteiger partial charge in [0.15, 0.2) is 23.9 Å². The quantitative estimate of drug-likeness (QED) is 0.219. The molecular weight excluding hydrogens is 486 g/mol. The maximum atomic E-state index is 12.9. The van der Waals surface area contributed by atoms with Gasteiger partial charge in [-0.15, -0.1) is 0 Å². The second-order valence-electron chi connectivity index (χ2n) is 10.7. The van der Waals surface area contributed by atoms with Crippen LogP contribution in [0.2, 0.25) is 0 Å². The molecule has 0 aliphatic heterocycles. The molecule has 202 valence electrons. The summed E-state index contributed by atoms with van der Waals surface area (Å²) in [6, 6.07) is 17.9. The third-order valence-corrected chi connectivity index (χ3v) is 4.99. The molecule has 0 bridgehead atoms. The molecule has 0 aromatic heterocycles. The smallest absolute Gasteiger partial charge is 0.407 e. The van der Waals surface area contributed by atoms with Gasteiger partial charge in [0.05, 0.1) is 6.54 Å². The summed E-state index contributed by atoms with van der Waals surface area (Å²) in [4.78, 5) is 37.1. The fourth-order valence-electron chi connectivity index (χ4n) is 3.51. The highest BCUT2D eigenvalue weighted by molar-refractivity contribution is 6.10. The first kappa shape index (κ1) is 28.5. The number of hydrogen-bond acceptors (Lipinski definition) is 7. The van der Waals surface area contributed by atoms with Crippen molar-refractivity contribution in [3.8, 4) is 11.5 Å². The van der Waals surface area contributed by atoms with E-state index in [1.165, 1.54) is 0 Å². The number of hydrogen-bond donors (Lipinski definition) is 1. The van der Waals surface area contributed by atoms with Crippen LogP contribution in [0.5, 0.6) is 11.5 Å². The molecule has 8 heteroatoms. The lowest BCUT2D eigenvalue weighted by molar-refractivity contribution is -0.157. The summed E-state index contributed by atoms with van der Waals surface area (Å²) in [7, 11) is 0. The summed E-state index contributed by atoms with van der Waals surface area (Å²) in [6.45, 7) is 10.7. The molecule has 1 amide bonds. The predicted octanol–water partition coefficient (Wildman–Crippen LogP) is 5.69. The van der Waals surface area contributed by atoms with Crippen LogP contribution >= 0.6 is 0 Å². The molecule has 0 aliphatic rings. The molecule has 0 aliphatic carbocycles. The minimum atomic E-state index is -0.641. The van der Waals surface area contributed by atoms with Gasteiger partial charge in [0.2, 0.25) is 0 Å². The van der Waals surface area contributed by atoms with Crippen molar-refractivity contribution in [2.45, 2.75) is 52.7 Å². The Morgan fingerprint density at radius 2 is 1.34 bits per heavy atom. The van der Waals surface area contributed by atoms with E-state index in [1.807, 2.05) is 24.3 Å². The molecule has 0 radical (unpaired) electrons. The average Bonchev–Trinajstić information content (AvgIpc) is 2.83. The minimum absolute atomic E-state index is 0.0956. The van der Waals surface area contributed by atoms with Gasteiger partial charge in [0.1, 0.15) is 17.8 Å². The fourth-order valence-corrected chi connectivity index (χ4v) is 3.51. The Labute approximate surface area is 223 Å². The molecular formula is C30H35NO7. The average molecular weight is 522 g/mol. The van der Waals surface area contributed by atoms with Gasteiger partial charge in [-0.3, -0.25) is 4.79 Å². The zero-order valence-electron chi connectivity index (χ0n) is 22.8. The predicted molar refractivity (Wildman–Crippen MR) is 145 cm³/mol. The van der Waals surface area contributed by atoms with Crippen molar-refractivity contribution >= 4 is 28.6 Å². The van der Waals surface area contributed by atoms with Crippen molar-refractivity contribution < 1.29 is 33.3 Å². The Bertz CT molecular complexity index is 1290. The number of benzene rings is 3. The summed E-state index contributed by atoms with van der Waals surface area (Å²) in [6.07, 6.45) is -0.551. The van der Waals surface area contributed by atoms with Crippen molar-refractivity contribution in [3.05, 3.63) is 71.8 Å². The number of ether oxygens (including phenoxy) is 4. The number of carbonyl (C=O) groups is 3. The monoisotopic (exact) mass is 521 g/mol. The maximum Gasteiger partial charge on any atom is 0.407 e. The van der Waals surface area contributed by atoms with Gasteiger partial charge in [-0.1, -0.05) is 42.5 Å². The molecule has 38 heavy (non-hydrogen) atoms. The molecule has 0 spiro atoms. The van der Waals surface area contributed by atoms with Crippen molar-refractivity contribution in [1.29, 1.82) is 0 Å². The highest BCUT2D eigenvalue weighted by Gasteiger charge is 2.19. The zero-order valence-corrected chi connectivity index (χ0v) is 22.8. The molecule has 0 saturated carbocycles. The van der Waals surface area contributed by atoms with E-state index < -0.39 is 23.3 Å². The van der Waals surface area contributed by atoms with E-state index in [9.17, 15) is 14.4 Å². The first-order valence-corrected chi connectivity index (χ1v) is 12.4. The van der Waals surface area contributed by atoms with Gasteiger partial charge in [-0.2, -0.15) is 0 Å². The number of nitrogens with one attached hydrogen (secondary N) is 1. The summed E-state index contributed by atoms with van der Waals surface area (Å²) >= 11 is 0. The lowest BCUT2D eigenvalue weighted by atomic mass is 9.99. The number of fused-ring (bicyclic) bond motifs is 1. The molecule has 3 aromatic carbocycles. The first-order chi connectivity index (χ1) is 17.8. The molecule has 0 fully saturated rings. The number of alkyl carbamates (subject to hydrolysis) is 1. The lowest BCUT2D eigenvalue weighted by Gasteiger charge is -2.20. The van der Waals surface area contributed by atoms with Crippen LogP contribution in [0, 0.1) is 0 Å².